The van der Waals surface area contributed by atoms with E-state index in [0.29, 0.717) is 11.6 Å². The molecule has 0 radical (unpaired) electrons. The lowest BCUT2D eigenvalue weighted by Gasteiger charge is -2.10. The van der Waals surface area contributed by atoms with Crippen LogP contribution in [0.1, 0.15) is 22.5 Å². The standard InChI is InChI=1S/C15H17N5/c1-8-5-12-13(6-9(8)2)20(7-17-12)15-10(3)14(16)18-11(4)19-15/h5-7H,1-4H3,(H2,16,18,19). The van der Waals surface area contributed by atoms with Gasteiger partial charge >= 0.3 is 0 Å². The highest BCUT2D eigenvalue weighted by Gasteiger charge is 2.12. The Labute approximate surface area is 117 Å². The van der Waals surface area contributed by atoms with E-state index in [-0.39, 0.29) is 0 Å². The Hall–Kier alpha value is -2.43. The molecule has 0 unspecified atom stereocenters. The molecule has 0 spiro atoms. The van der Waals surface area contributed by atoms with E-state index in [1.807, 2.05) is 18.4 Å². The molecule has 5 nitrogen and oxygen atoms in total. The average molecular weight is 267 g/mol. The molecule has 0 amide bonds. The van der Waals surface area contributed by atoms with Gasteiger partial charge in [0.05, 0.1) is 11.0 Å². The van der Waals surface area contributed by atoms with Crippen molar-refractivity contribution < 1.29 is 0 Å². The van der Waals surface area contributed by atoms with E-state index < -0.39 is 0 Å². The number of nitrogens with two attached hydrogens (primary N) is 1. The average Bonchev–Trinajstić information content (AvgIpc) is 2.77. The van der Waals surface area contributed by atoms with Crippen LogP contribution < -0.4 is 5.73 Å². The Morgan fingerprint density at radius 3 is 2.45 bits per heavy atom. The Bertz CT molecular complexity index is 817. The quantitative estimate of drug-likeness (QED) is 0.735. The summed E-state index contributed by atoms with van der Waals surface area (Å²) in [5.41, 5.74) is 11.3. The molecular weight excluding hydrogens is 250 g/mol. The maximum atomic E-state index is 5.94. The number of hydrogen-bond acceptors (Lipinski definition) is 4. The van der Waals surface area contributed by atoms with Gasteiger partial charge in [0.2, 0.25) is 0 Å². The fourth-order valence-corrected chi connectivity index (χ4v) is 2.30. The first-order chi connectivity index (χ1) is 9.47. The van der Waals surface area contributed by atoms with Gasteiger partial charge in [-0.1, -0.05) is 0 Å². The second kappa shape index (κ2) is 4.30. The molecule has 0 bridgehead atoms. The van der Waals surface area contributed by atoms with Crippen molar-refractivity contribution in [3.63, 3.8) is 0 Å². The Kier molecular flexibility index (Phi) is 2.71. The number of anilines is 1. The van der Waals surface area contributed by atoms with Gasteiger partial charge in [-0.05, 0) is 51.0 Å². The number of aryl methyl sites for hydroxylation is 3. The fraction of sp³-hybridized carbons (Fsp3) is 0.267. The molecule has 1 aromatic carbocycles. The molecule has 0 saturated carbocycles. The molecule has 102 valence electrons. The van der Waals surface area contributed by atoms with E-state index in [0.717, 1.165) is 22.4 Å². The van der Waals surface area contributed by atoms with Gasteiger partial charge in [0.15, 0.2) is 0 Å². The highest BCUT2D eigenvalue weighted by molar-refractivity contribution is 5.79. The highest BCUT2D eigenvalue weighted by atomic mass is 15.1. The zero-order chi connectivity index (χ0) is 14.4. The number of hydrogen-bond donors (Lipinski definition) is 1. The SMILES string of the molecule is Cc1nc(N)c(C)c(-n2cnc3cc(C)c(C)cc32)n1. The summed E-state index contributed by atoms with van der Waals surface area (Å²) in [7, 11) is 0. The number of fused-ring (bicyclic) bond motifs is 1. The van der Waals surface area contributed by atoms with Gasteiger partial charge in [0.1, 0.15) is 23.8 Å². The van der Waals surface area contributed by atoms with E-state index in [2.05, 4.69) is 40.9 Å². The minimum atomic E-state index is 0.512. The van der Waals surface area contributed by atoms with Crippen LogP contribution in [0.25, 0.3) is 16.9 Å². The Morgan fingerprint density at radius 2 is 1.70 bits per heavy atom. The molecule has 3 aromatic rings. The molecule has 2 aromatic heterocycles. The summed E-state index contributed by atoms with van der Waals surface area (Å²) in [6.07, 6.45) is 1.79. The second-order valence-corrected chi connectivity index (χ2v) is 5.14. The van der Waals surface area contributed by atoms with Crippen LogP contribution in [0.2, 0.25) is 0 Å². The number of benzene rings is 1. The lowest BCUT2D eigenvalue weighted by Crippen LogP contribution is -2.07. The molecule has 0 atom stereocenters. The summed E-state index contributed by atoms with van der Waals surface area (Å²) in [4.78, 5) is 13.2. The largest absolute Gasteiger partial charge is 0.383 e. The molecule has 5 heteroatoms. The van der Waals surface area contributed by atoms with Crippen LogP contribution in [0.5, 0.6) is 0 Å². The van der Waals surface area contributed by atoms with Gasteiger partial charge in [-0.25, -0.2) is 15.0 Å². The van der Waals surface area contributed by atoms with Crippen molar-refractivity contribution in [2.75, 3.05) is 5.73 Å². The van der Waals surface area contributed by atoms with Gasteiger partial charge in [-0.15, -0.1) is 0 Å². The zero-order valence-electron chi connectivity index (χ0n) is 12.1. The first-order valence-electron chi connectivity index (χ1n) is 6.53. The number of nitrogen functional groups attached to an aromatic ring is 1. The predicted molar refractivity (Wildman–Crippen MR) is 80.0 cm³/mol. The van der Waals surface area contributed by atoms with E-state index in [1.54, 1.807) is 6.33 Å². The third-order valence-corrected chi connectivity index (χ3v) is 3.66. The van der Waals surface area contributed by atoms with Gasteiger partial charge in [-0.3, -0.25) is 4.57 Å². The number of imidazole rings is 1. The molecular formula is C15H17N5. The normalized spacial score (nSPS) is 11.2. The number of aromatic nitrogens is 4. The molecule has 0 saturated heterocycles. The van der Waals surface area contributed by atoms with E-state index in [4.69, 9.17) is 5.73 Å². The van der Waals surface area contributed by atoms with Gasteiger partial charge in [0.25, 0.3) is 0 Å². The maximum absolute atomic E-state index is 5.94. The molecule has 0 aliphatic heterocycles. The summed E-state index contributed by atoms with van der Waals surface area (Å²) >= 11 is 0. The molecule has 3 rings (SSSR count). The van der Waals surface area contributed by atoms with Crippen molar-refractivity contribution >= 4 is 16.9 Å². The summed E-state index contributed by atoms with van der Waals surface area (Å²) in [5, 5.41) is 0. The van der Waals surface area contributed by atoms with Crippen LogP contribution >= 0.6 is 0 Å². The van der Waals surface area contributed by atoms with Crippen molar-refractivity contribution in [3.05, 3.63) is 41.0 Å². The first kappa shape index (κ1) is 12.6. The third-order valence-electron chi connectivity index (χ3n) is 3.66. The van der Waals surface area contributed by atoms with Crippen LogP contribution in [0.4, 0.5) is 5.82 Å². The summed E-state index contributed by atoms with van der Waals surface area (Å²) in [6.45, 7) is 7.95. The smallest absolute Gasteiger partial charge is 0.147 e. The lowest BCUT2D eigenvalue weighted by molar-refractivity contribution is 0.940. The molecule has 0 aliphatic carbocycles. The third kappa shape index (κ3) is 1.82. The van der Waals surface area contributed by atoms with Crippen molar-refractivity contribution in [2.24, 2.45) is 0 Å². The van der Waals surface area contributed by atoms with Gasteiger partial charge < -0.3 is 5.73 Å². The van der Waals surface area contributed by atoms with Crippen LogP contribution in [0, 0.1) is 27.7 Å². The van der Waals surface area contributed by atoms with Crippen molar-refractivity contribution in [3.8, 4) is 5.82 Å². The maximum Gasteiger partial charge on any atom is 0.147 e. The topological polar surface area (TPSA) is 69.6 Å². The Balaban J connectivity index is 2.33. The second-order valence-electron chi connectivity index (χ2n) is 5.14. The predicted octanol–water partition coefficient (Wildman–Crippen LogP) is 2.63. The fourth-order valence-electron chi connectivity index (χ4n) is 2.30. The number of nitrogens with zero attached hydrogens (tertiary/aromatic N) is 4. The van der Waals surface area contributed by atoms with Crippen LogP contribution in [0.3, 0.4) is 0 Å². The van der Waals surface area contributed by atoms with E-state index in [1.165, 1.54) is 11.1 Å². The van der Waals surface area contributed by atoms with Gasteiger partial charge in [0, 0.05) is 5.56 Å². The highest BCUT2D eigenvalue weighted by Crippen LogP contribution is 2.24. The molecule has 2 heterocycles. The van der Waals surface area contributed by atoms with Crippen molar-refractivity contribution in [1.29, 1.82) is 0 Å². The van der Waals surface area contributed by atoms with Crippen LogP contribution in [-0.2, 0) is 0 Å². The Morgan fingerprint density at radius 1 is 1.00 bits per heavy atom. The molecule has 2 N–H and O–H groups in total. The van der Waals surface area contributed by atoms with Crippen molar-refractivity contribution in [1.82, 2.24) is 19.5 Å². The van der Waals surface area contributed by atoms with Crippen molar-refractivity contribution in [2.45, 2.75) is 27.7 Å². The summed E-state index contributed by atoms with van der Waals surface area (Å²) in [5.74, 6) is 1.97. The van der Waals surface area contributed by atoms with E-state index >= 15 is 0 Å². The molecule has 0 fully saturated rings. The monoisotopic (exact) mass is 267 g/mol. The molecule has 20 heavy (non-hydrogen) atoms. The summed E-state index contributed by atoms with van der Waals surface area (Å²) < 4.78 is 1.97. The van der Waals surface area contributed by atoms with E-state index in [9.17, 15) is 0 Å². The first-order valence-corrected chi connectivity index (χ1v) is 6.53. The molecule has 0 aliphatic rings. The zero-order valence-corrected chi connectivity index (χ0v) is 12.1. The lowest BCUT2D eigenvalue weighted by atomic mass is 10.1. The van der Waals surface area contributed by atoms with Crippen LogP contribution in [-0.4, -0.2) is 19.5 Å². The van der Waals surface area contributed by atoms with Crippen LogP contribution in [0.15, 0.2) is 18.5 Å². The number of rotatable bonds is 1. The minimum absolute atomic E-state index is 0.512. The minimum Gasteiger partial charge on any atom is -0.383 e. The van der Waals surface area contributed by atoms with Gasteiger partial charge in [-0.2, -0.15) is 0 Å². The summed E-state index contributed by atoms with van der Waals surface area (Å²) in [6, 6.07) is 4.22.